The minimum atomic E-state index is -3.30. The Labute approximate surface area is 197 Å². The van der Waals surface area contributed by atoms with Crippen molar-refractivity contribution < 1.29 is 17.9 Å². The van der Waals surface area contributed by atoms with Crippen molar-refractivity contribution in [2.24, 2.45) is 0 Å². The topological polar surface area (TPSA) is 91.0 Å². The summed E-state index contributed by atoms with van der Waals surface area (Å²) in [4.78, 5) is 16.5. The molecule has 8 nitrogen and oxygen atoms in total. The molecular weight excluding hydrogens is 440 g/mol. The quantitative estimate of drug-likeness (QED) is 0.576. The average Bonchev–Trinajstić information content (AvgIpc) is 2.78. The number of anilines is 1. The lowest BCUT2D eigenvalue weighted by Gasteiger charge is -2.33. The number of carbonyl (C=O) groups is 1. The van der Waals surface area contributed by atoms with Crippen molar-refractivity contribution in [3.8, 4) is 11.5 Å². The lowest BCUT2D eigenvalue weighted by Crippen LogP contribution is -2.49. The second-order valence-electron chi connectivity index (χ2n) is 8.32. The molecule has 33 heavy (non-hydrogen) atoms. The molecule has 1 aliphatic rings. The van der Waals surface area contributed by atoms with Gasteiger partial charge in [0.25, 0.3) is 0 Å². The van der Waals surface area contributed by atoms with E-state index in [1.54, 1.807) is 24.3 Å². The van der Waals surface area contributed by atoms with Crippen molar-refractivity contribution in [3.63, 3.8) is 0 Å². The monoisotopic (exact) mass is 474 g/mol. The van der Waals surface area contributed by atoms with Crippen LogP contribution in [0.4, 0.5) is 10.5 Å². The number of hydrogen-bond acceptors (Lipinski definition) is 5. The van der Waals surface area contributed by atoms with Crippen molar-refractivity contribution in [1.82, 2.24) is 15.1 Å². The third kappa shape index (κ3) is 7.94. The Bertz CT molecular complexity index is 998. The van der Waals surface area contributed by atoms with Crippen LogP contribution in [0.3, 0.4) is 0 Å². The van der Waals surface area contributed by atoms with Gasteiger partial charge in [0.15, 0.2) is 0 Å². The summed E-state index contributed by atoms with van der Waals surface area (Å²) in [6, 6.07) is 15.1. The van der Waals surface area contributed by atoms with Crippen molar-refractivity contribution in [1.29, 1.82) is 0 Å². The van der Waals surface area contributed by atoms with Crippen LogP contribution in [-0.4, -0.2) is 62.7 Å². The number of benzene rings is 2. The van der Waals surface area contributed by atoms with Gasteiger partial charge < -0.3 is 15.0 Å². The molecule has 1 fully saturated rings. The van der Waals surface area contributed by atoms with E-state index < -0.39 is 10.0 Å². The Morgan fingerprint density at radius 1 is 1.00 bits per heavy atom. The number of carbonyl (C=O) groups excluding carboxylic acids is 1. The molecule has 3 rings (SSSR count). The molecule has 2 amide bonds. The van der Waals surface area contributed by atoms with E-state index in [4.69, 9.17) is 4.74 Å². The van der Waals surface area contributed by atoms with Gasteiger partial charge in [0, 0.05) is 44.5 Å². The number of likely N-dealkylation sites (tertiary alicyclic amines) is 1. The molecule has 0 unspecified atom stereocenters. The Kier molecular flexibility index (Phi) is 8.57. The van der Waals surface area contributed by atoms with Crippen LogP contribution < -0.4 is 14.8 Å². The van der Waals surface area contributed by atoms with E-state index in [9.17, 15) is 13.2 Å². The predicted octanol–water partition coefficient (Wildman–Crippen LogP) is 3.87. The molecule has 1 saturated heterocycles. The summed E-state index contributed by atoms with van der Waals surface area (Å²) in [5, 5.41) is 3.16. The normalized spacial score (nSPS) is 15.1. The second kappa shape index (κ2) is 11.4. The molecule has 0 radical (unpaired) electrons. The Hall–Kier alpha value is -2.78. The standard InChI is InChI=1S/C24H34N4O4S/c1-4-28(5-2)24(29)25-20-14-16-27(17-15-20)18-19-6-10-22(11-7-19)32-23-12-8-21(9-13-23)26-33(3,30)31/h6-13,20,26H,4-5,14-18H2,1-3H3,(H,25,29). The molecule has 9 heteroatoms. The first kappa shape index (κ1) is 24.9. The fraction of sp³-hybridized carbons (Fsp3) is 0.458. The minimum absolute atomic E-state index is 0.0374. The van der Waals surface area contributed by atoms with Crippen LogP contribution in [-0.2, 0) is 16.6 Å². The lowest BCUT2D eigenvalue weighted by molar-refractivity contribution is 0.171. The van der Waals surface area contributed by atoms with Gasteiger partial charge in [-0.2, -0.15) is 0 Å². The predicted molar refractivity (Wildman–Crippen MR) is 131 cm³/mol. The maximum Gasteiger partial charge on any atom is 0.317 e. The van der Waals surface area contributed by atoms with Crippen LogP contribution >= 0.6 is 0 Å². The van der Waals surface area contributed by atoms with Crippen LogP contribution in [0.1, 0.15) is 32.3 Å². The second-order valence-corrected chi connectivity index (χ2v) is 10.1. The van der Waals surface area contributed by atoms with Gasteiger partial charge in [-0.1, -0.05) is 12.1 Å². The largest absolute Gasteiger partial charge is 0.457 e. The number of rotatable bonds is 9. The van der Waals surface area contributed by atoms with Crippen molar-refractivity contribution >= 4 is 21.7 Å². The summed E-state index contributed by atoms with van der Waals surface area (Å²) in [7, 11) is -3.30. The Morgan fingerprint density at radius 2 is 1.55 bits per heavy atom. The van der Waals surface area contributed by atoms with Crippen LogP contribution in [0, 0.1) is 0 Å². The highest BCUT2D eigenvalue weighted by Gasteiger charge is 2.22. The molecule has 2 N–H and O–H groups in total. The first-order valence-electron chi connectivity index (χ1n) is 11.4. The fourth-order valence-corrected chi connectivity index (χ4v) is 4.44. The lowest BCUT2D eigenvalue weighted by atomic mass is 10.0. The van der Waals surface area contributed by atoms with E-state index in [-0.39, 0.29) is 12.1 Å². The summed E-state index contributed by atoms with van der Waals surface area (Å²) in [5.74, 6) is 1.36. The number of nitrogens with one attached hydrogen (secondary N) is 2. The molecule has 2 aromatic rings. The third-order valence-corrected chi connectivity index (χ3v) is 6.30. The summed E-state index contributed by atoms with van der Waals surface area (Å²) in [5.41, 5.74) is 1.71. The zero-order valence-electron chi connectivity index (χ0n) is 19.6. The van der Waals surface area contributed by atoms with E-state index in [0.717, 1.165) is 57.6 Å². The molecule has 1 heterocycles. The maximum absolute atomic E-state index is 12.2. The first-order chi connectivity index (χ1) is 15.8. The van der Waals surface area contributed by atoms with Gasteiger partial charge >= 0.3 is 6.03 Å². The molecule has 0 saturated carbocycles. The van der Waals surface area contributed by atoms with Crippen LogP contribution in [0.2, 0.25) is 0 Å². The molecule has 0 aromatic heterocycles. The van der Waals surface area contributed by atoms with Crippen LogP contribution in [0.5, 0.6) is 11.5 Å². The summed E-state index contributed by atoms with van der Waals surface area (Å²) in [6.07, 6.45) is 3.03. The van der Waals surface area contributed by atoms with Gasteiger partial charge in [-0.15, -0.1) is 0 Å². The highest BCUT2D eigenvalue weighted by atomic mass is 32.2. The van der Waals surface area contributed by atoms with E-state index in [1.165, 1.54) is 5.56 Å². The number of sulfonamides is 1. The highest BCUT2D eigenvalue weighted by Crippen LogP contribution is 2.24. The number of ether oxygens (including phenoxy) is 1. The van der Waals surface area contributed by atoms with Crippen molar-refractivity contribution in [3.05, 3.63) is 54.1 Å². The van der Waals surface area contributed by atoms with Gasteiger partial charge in [-0.25, -0.2) is 13.2 Å². The summed E-state index contributed by atoms with van der Waals surface area (Å²) < 4.78 is 30.9. The summed E-state index contributed by atoms with van der Waals surface area (Å²) in [6.45, 7) is 8.22. The highest BCUT2D eigenvalue weighted by molar-refractivity contribution is 7.92. The minimum Gasteiger partial charge on any atom is -0.457 e. The molecule has 0 bridgehead atoms. The van der Waals surface area contributed by atoms with E-state index in [2.05, 4.69) is 27.1 Å². The first-order valence-corrected chi connectivity index (χ1v) is 13.3. The molecule has 180 valence electrons. The summed E-state index contributed by atoms with van der Waals surface area (Å²) >= 11 is 0. The van der Waals surface area contributed by atoms with Crippen molar-refractivity contribution in [2.75, 3.05) is 37.2 Å². The van der Waals surface area contributed by atoms with Crippen LogP contribution in [0.25, 0.3) is 0 Å². The average molecular weight is 475 g/mol. The third-order valence-electron chi connectivity index (χ3n) is 5.69. The number of nitrogens with zero attached hydrogens (tertiary/aromatic N) is 2. The molecule has 2 aromatic carbocycles. The van der Waals surface area contributed by atoms with E-state index in [0.29, 0.717) is 11.4 Å². The maximum atomic E-state index is 12.2. The number of hydrogen-bond donors (Lipinski definition) is 2. The van der Waals surface area contributed by atoms with Crippen LogP contribution in [0.15, 0.2) is 48.5 Å². The van der Waals surface area contributed by atoms with Crippen molar-refractivity contribution in [2.45, 2.75) is 39.3 Å². The van der Waals surface area contributed by atoms with Gasteiger partial charge in [0.2, 0.25) is 10.0 Å². The SMILES string of the molecule is CCN(CC)C(=O)NC1CCN(Cc2ccc(Oc3ccc(NS(C)(=O)=O)cc3)cc2)CC1. The molecule has 0 aliphatic carbocycles. The Balaban J connectivity index is 1.45. The van der Waals surface area contributed by atoms with Gasteiger partial charge in [0.05, 0.1) is 6.26 Å². The van der Waals surface area contributed by atoms with E-state index >= 15 is 0 Å². The van der Waals surface area contributed by atoms with Gasteiger partial charge in [-0.05, 0) is 68.7 Å². The Morgan fingerprint density at radius 3 is 2.06 bits per heavy atom. The van der Waals surface area contributed by atoms with Gasteiger partial charge in [0.1, 0.15) is 11.5 Å². The number of urea groups is 1. The molecular formula is C24H34N4O4S. The zero-order valence-corrected chi connectivity index (χ0v) is 20.4. The fourth-order valence-electron chi connectivity index (χ4n) is 3.87. The smallest absolute Gasteiger partial charge is 0.317 e. The number of piperidine rings is 1. The molecule has 0 atom stereocenters. The molecule has 0 spiro atoms. The van der Waals surface area contributed by atoms with Gasteiger partial charge in [-0.3, -0.25) is 9.62 Å². The molecule has 1 aliphatic heterocycles. The zero-order chi connectivity index (χ0) is 23.8. The van der Waals surface area contributed by atoms with E-state index in [1.807, 2.05) is 30.9 Å². The number of amides is 2.